The first-order chi connectivity index (χ1) is 10.2. The van der Waals surface area contributed by atoms with E-state index in [1.165, 1.54) is 5.57 Å². The van der Waals surface area contributed by atoms with Crippen LogP contribution in [-0.2, 0) is 17.9 Å². The summed E-state index contributed by atoms with van der Waals surface area (Å²) in [5.41, 5.74) is 1.98. The van der Waals surface area contributed by atoms with E-state index in [9.17, 15) is 4.79 Å². The lowest BCUT2D eigenvalue weighted by atomic mass is 10.0. The molecule has 110 valence electrons. The third-order valence-corrected chi connectivity index (χ3v) is 3.67. The molecule has 3 rings (SSSR count). The number of rotatable bonds is 5. The zero-order valence-corrected chi connectivity index (χ0v) is 12.0. The van der Waals surface area contributed by atoms with Crippen LogP contribution in [-0.4, -0.2) is 23.9 Å². The van der Waals surface area contributed by atoms with Crippen molar-refractivity contribution in [2.24, 2.45) is 0 Å². The summed E-state index contributed by atoms with van der Waals surface area (Å²) in [7, 11) is 0. The van der Waals surface area contributed by atoms with Crippen LogP contribution in [0.4, 0.5) is 0 Å². The summed E-state index contributed by atoms with van der Waals surface area (Å²) in [6.07, 6.45) is 3.23. The number of carbonyl (C=O) groups is 1. The fraction of sp³-hybridized carbons (Fsp3) is 0.312. The lowest BCUT2D eigenvalue weighted by Gasteiger charge is -2.26. The van der Waals surface area contributed by atoms with E-state index in [1.54, 1.807) is 17.4 Å². The highest BCUT2D eigenvalue weighted by atomic mass is 16.3. The first-order valence-electron chi connectivity index (χ1n) is 6.97. The van der Waals surface area contributed by atoms with Crippen LogP contribution in [0, 0.1) is 0 Å². The van der Waals surface area contributed by atoms with Crippen molar-refractivity contribution < 1.29 is 13.6 Å². The summed E-state index contributed by atoms with van der Waals surface area (Å²) in [6, 6.07) is 7.39. The highest BCUT2D eigenvalue weighted by molar-refractivity contribution is 5.93. The Morgan fingerprint density at radius 2 is 1.71 bits per heavy atom. The van der Waals surface area contributed by atoms with Crippen molar-refractivity contribution in [1.82, 2.24) is 10.2 Å². The molecule has 21 heavy (non-hydrogen) atoms. The topological polar surface area (TPSA) is 58.6 Å². The van der Waals surface area contributed by atoms with Gasteiger partial charge in [0.2, 0.25) is 5.91 Å². The van der Waals surface area contributed by atoms with Gasteiger partial charge in [0.1, 0.15) is 11.5 Å². The van der Waals surface area contributed by atoms with Crippen LogP contribution in [0.5, 0.6) is 0 Å². The minimum atomic E-state index is 0.0271. The van der Waals surface area contributed by atoms with Crippen LogP contribution < -0.4 is 5.32 Å². The fourth-order valence-corrected chi connectivity index (χ4v) is 2.28. The summed E-state index contributed by atoms with van der Waals surface area (Å²) in [5, 5.41) is 3.16. The van der Waals surface area contributed by atoms with Crippen molar-refractivity contribution in [1.29, 1.82) is 0 Å². The zero-order chi connectivity index (χ0) is 14.7. The zero-order valence-electron chi connectivity index (χ0n) is 12.0. The van der Waals surface area contributed by atoms with Crippen molar-refractivity contribution in [3.8, 4) is 0 Å². The summed E-state index contributed by atoms with van der Waals surface area (Å²) in [4.78, 5) is 14.4. The van der Waals surface area contributed by atoms with E-state index < -0.39 is 0 Å². The maximum atomic E-state index is 12.7. The molecule has 5 nitrogen and oxygen atoms in total. The van der Waals surface area contributed by atoms with Crippen LogP contribution in [0.15, 0.2) is 56.8 Å². The highest BCUT2D eigenvalue weighted by Gasteiger charge is 2.22. The number of nitrogens with zero attached hydrogens (tertiary/aromatic N) is 1. The summed E-state index contributed by atoms with van der Waals surface area (Å²) >= 11 is 0. The van der Waals surface area contributed by atoms with E-state index >= 15 is 0 Å². The molecule has 0 atom stereocenters. The Morgan fingerprint density at radius 1 is 1.14 bits per heavy atom. The molecule has 0 spiro atoms. The second-order valence-corrected chi connectivity index (χ2v) is 5.15. The van der Waals surface area contributed by atoms with Gasteiger partial charge in [0, 0.05) is 18.7 Å². The van der Waals surface area contributed by atoms with Crippen molar-refractivity contribution in [3.05, 3.63) is 59.5 Å². The average molecular weight is 286 g/mol. The summed E-state index contributed by atoms with van der Waals surface area (Å²) in [6.45, 7) is 4.35. The van der Waals surface area contributed by atoms with Gasteiger partial charge in [-0.3, -0.25) is 4.79 Å². The van der Waals surface area contributed by atoms with E-state index in [0.717, 1.165) is 30.2 Å². The second kappa shape index (κ2) is 6.01. The Balaban J connectivity index is 1.79. The van der Waals surface area contributed by atoms with E-state index in [1.807, 2.05) is 31.2 Å². The van der Waals surface area contributed by atoms with Gasteiger partial charge >= 0.3 is 0 Å². The van der Waals surface area contributed by atoms with Gasteiger partial charge in [0.05, 0.1) is 25.6 Å². The Kier molecular flexibility index (Phi) is 3.92. The Hall–Kier alpha value is -2.27. The largest absolute Gasteiger partial charge is 0.467 e. The first kappa shape index (κ1) is 13.7. The maximum Gasteiger partial charge on any atom is 0.250 e. The Labute approximate surface area is 123 Å². The van der Waals surface area contributed by atoms with Crippen molar-refractivity contribution >= 4 is 5.91 Å². The molecule has 1 N–H and O–H groups in total. The number of carbonyl (C=O) groups excluding carboxylic acids is 1. The molecule has 0 unspecified atom stereocenters. The molecule has 0 aromatic carbocycles. The number of nitrogens with one attached hydrogen (secondary N) is 1. The van der Waals surface area contributed by atoms with E-state index in [-0.39, 0.29) is 5.91 Å². The quantitative estimate of drug-likeness (QED) is 0.857. The molecule has 5 heteroatoms. The van der Waals surface area contributed by atoms with Gasteiger partial charge in [-0.05, 0) is 36.8 Å². The van der Waals surface area contributed by atoms with Gasteiger partial charge < -0.3 is 19.1 Å². The summed E-state index contributed by atoms with van der Waals surface area (Å²) < 4.78 is 10.7. The normalized spacial score (nSPS) is 13.9. The molecule has 1 aliphatic rings. The van der Waals surface area contributed by atoms with Gasteiger partial charge in [-0.1, -0.05) is 0 Å². The lowest BCUT2D eigenvalue weighted by Crippen LogP contribution is -2.38. The smallest absolute Gasteiger partial charge is 0.250 e. The van der Waals surface area contributed by atoms with Gasteiger partial charge in [0.15, 0.2) is 0 Å². The second-order valence-electron chi connectivity index (χ2n) is 5.15. The monoisotopic (exact) mass is 286 g/mol. The molecule has 1 saturated heterocycles. The van der Waals surface area contributed by atoms with Gasteiger partial charge in [-0.25, -0.2) is 0 Å². The third kappa shape index (κ3) is 3.08. The van der Waals surface area contributed by atoms with E-state index in [4.69, 9.17) is 8.83 Å². The number of hydrogen-bond donors (Lipinski definition) is 1. The molecule has 2 aromatic heterocycles. The minimum Gasteiger partial charge on any atom is -0.467 e. The predicted octanol–water partition coefficient (Wildman–Crippen LogP) is 2.32. The van der Waals surface area contributed by atoms with E-state index in [2.05, 4.69) is 5.32 Å². The van der Waals surface area contributed by atoms with Crippen LogP contribution >= 0.6 is 0 Å². The molecule has 0 bridgehead atoms. The number of hydrogen-bond acceptors (Lipinski definition) is 4. The van der Waals surface area contributed by atoms with Crippen molar-refractivity contribution in [3.63, 3.8) is 0 Å². The number of amides is 1. The van der Waals surface area contributed by atoms with Gasteiger partial charge in [0.25, 0.3) is 0 Å². The maximum absolute atomic E-state index is 12.7. The number of furan rings is 2. The molecule has 1 fully saturated rings. The predicted molar refractivity (Wildman–Crippen MR) is 77.2 cm³/mol. The SMILES string of the molecule is CC(C(=O)N(Cc1ccco1)Cc1ccco1)=C1CNC1. The molecular weight excluding hydrogens is 268 g/mol. The molecular formula is C16H18N2O3. The van der Waals surface area contributed by atoms with Crippen LogP contribution in [0.3, 0.4) is 0 Å². The molecule has 1 aliphatic heterocycles. The molecule has 0 aliphatic carbocycles. The van der Waals surface area contributed by atoms with Crippen molar-refractivity contribution in [2.75, 3.05) is 13.1 Å². The fourth-order valence-electron chi connectivity index (χ4n) is 2.28. The summed E-state index contributed by atoms with van der Waals surface area (Å²) in [5.74, 6) is 1.55. The Bertz CT molecular complexity index is 584. The molecule has 0 radical (unpaired) electrons. The molecule has 0 saturated carbocycles. The molecule has 1 amide bonds. The minimum absolute atomic E-state index is 0.0271. The van der Waals surface area contributed by atoms with E-state index in [0.29, 0.717) is 13.1 Å². The van der Waals surface area contributed by atoms with Gasteiger partial charge in [-0.2, -0.15) is 0 Å². The standard InChI is InChI=1S/C16H18N2O3/c1-12(13-8-17-9-13)16(19)18(10-14-4-2-6-20-14)11-15-5-3-7-21-15/h2-7,17H,8-11H2,1H3. The Morgan fingerprint density at radius 3 is 2.10 bits per heavy atom. The molecule has 2 aromatic rings. The van der Waals surface area contributed by atoms with Crippen LogP contribution in [0.1, 0.15) is 18.4 Å². The van der Waals surface area contributed by atoms with Crippen LogP contribution in [0.25, 0.3) is 0 Å². The lowest BCUT2D eigenvalue weighted by molar-refractivity contribution is -0.128. The molecule has 3 heterocycles. The first-order valence-corrected chi connectivity index (χ1v) is 6.97. The van der Waals surface area contributed by atoms with Gasteiger partial charge in [-0.15, -0.1) is 0 Å². The highest BCUT2D eigenvalue weighted by Crippen LogP contribution is 2.17. The van der Waals surface area contributed by atoms with Crippen molar-refractivity contribution in [2.45, 2.75) is 20.0 Å². The van der Waals surface area contributed by atoms with Crippen LogP contribution in [0.2, 0.25) is 0 Å². The third-order valence-electron chi connectivity index (χ3n) is 3.67. The average Bonchev–Trinajstić information content (AvgIpc) is 3.08.